The lowest BCUT2D eigenvalue weighted by atomic mass is 9.79. The maximum Gasteiger partial charge on any atom is 0.0499 e. The molecule has 0 aliphatic heterocycles. The summed E-state index contributed by atoms with van der Waals surface area (Å²) >= 11 is 0. The molecule has 0 bridgehead atoms. The number of aliphatic imine (C=N–C) groups is 1. The molecule has 0 unspecified atom stereocenters. The molecule has 1 aliphatic carbocycles. The van der Waals surface area contributed by atoms with Crippen LogP contribution in [0.1, 0.15) is 32.6 Å². The first-order valence-corrected chi connectivity index (χ1v) is 8.86. The molecule has 1 aliphatic rings. The second kappa shape index (κ2) is 11.6. The van der Waals surface area contributed by atoms with Crippen molar-refractivity contribution in [2.24, 2.45) is 22.6 Å². The van der Waals surface area contributed by atoms with Crippen molar-refractivity contribution in [2.45, 2.75) is 38.6 Å². The van der Waals surface area contributed by atoms with Gasteiger partial charge in [-0.2, -0.15) is 0 Å². The van der Waals surface area contributed by atoms with E-state index in [0.29, 0.717) is 12.0 Å². The topological polar surface area (TPSA) is 62.9 Å². The minimum atomic E-state index is 0.371. The normalized spacial score (nSPS) is 24.5. The largest absolute Gasteiger partial charge is 0.404 e. The molecule has 134 valence electrons. The number of hydrogen-bond acceptors (Lipinski definition) is 5. The van der Waals surface area contributed by atoms with Crippen molar-refractivity contribution in [3.8, 4) is 0 Å². The van der Waals surface area contributed by atoms with Gasteiger partial charge < -0.3 is 20.7 Å². The number of ether oxygens (including phenoxy) is 1. The number of methoxy groups -OCH3 is 1. The number of likely N-dealkylation sites (N-methyl/N-ethyl adjacent to an activating group) is 2. The predicted octanol–water partition coefficient (Wildman–Crippen LogP) is 1.89. The van der Waals surface area contributed by atoms with Gasteiger partial charge in [0.05, 0.1) is 0 Å². The molecule has 0 spiro atoms. The van der Waals surface area contributed by atoms with E-state index in [9.17, 15) is 0 Å². The van der Waals surface area contributed by atoms with Crippen LogP contribution in [0.3, 0.4) is 0 Å². The SMILES string of the molecule is CNCCN(C)CC(C=N[C@H](C)C1CCC(COC)CC1)=CN. The van der Waals surface area contributed by atoms with Crippen LogP contribution in [0.2, 0.25) is 0 Å². The van der Waals surface area contributed by atoms with Gasteiger partial charge in [-0.3, -0.25) is 4.99 Å². The van der Waals surface area contributed by atoms with Gasteiger partial charge in [-0.15, -0.1) is 0 Å². The Morgan fingerprint density at radius 2 is 2.09 bits per heavy atom. The van der Waals surface area contributed by atoms with E-state index in [1.807, 2.05) is 13.3 Å². The Morgan fingerprint density at radius 1 is 1.39 bits per heavy atom. The van der Waals surface area contributed by atoms with Crippen molar-refractivity contribution < 1.29 is 4.74 Å². The van der Waals surface area contributed by atoms with E-state index in [1.54, 1.807) is 13.3 Å². The molecule has 0 aromatic rings. The van der Waals surface area contributed by atoms with Crippen molar-refractivity contribution in [2.75, 3.05) is 47.4 Å². The van der Waals surface area contributed by atoms with Crippen LogP contribution in [-0.4, -0.2) is 64.6 Å². The summed E-state index contributed by atoms with van der Waals surface area (Å²) in [4.78, 5) is 7.03. The molecule has 1 saturated carbocycles. The molecule has 0 radical (unpaired) electrons. The molecule has 0 saturated heterocycles. The molecule has 1 rings (SSSR count). The second-order valence-corrected chi connectivity index (χ2v) is 6.84. The van der Waals surface area contributed by atoms with Gasteiger partial charge in [0.2, 0.25) is 0 Å². The third-order valence-electron chi connectivity index (χ3n) is 4.86. The Bertz CT molecular complexity index is 362. The van der Waals surface area contributed by atoms with Gasteiger partial charge >= 0.3 is 0 Å². The standard InChI is InChI=1S/C18H36N4O/c1-15(18-7-5-16(6-8-18)14-23-4)21-12-17(11-19)13-22(3)10-9-20-2/h11-12,15-16,18,20H,5-10,13-14,19H2,1-4H3/t15-,16?,18?/m1/s1. The fourth-order valence-corrected chi connectivity index (χ4v) is 3.24. The first-order valence-electron chi connectivity index (χ1n) is 8.86. The number of rotatable bonds is 10. The molecular formula is C18H36N4O. The zero-order chi connectivity index (χ0) is 17.1. The average molecular weight is 325 g/mol. The molecule has 0 aromatic carbocycles. The van der Waals surface area contributed by atoms with Crippen LogP contribution < -0.4 is 11.1 Å². The van der Waals surface area contributed by atoms with E-state index in [4.69, 9.17) is 15.5 Å². The smallest absolute Gasteiger partial charge is 0.0499 e. The Labute approximate surface area is 142 Å². The lowest BCUT2D eigenvalue weighted by molar-refractivity contribution is 0.115. The van der Waals surface area contributed by atoms with E-state index in [2.05, 4.69) is 24.2 Å². The fraction of sp³-hybridized carbons (Fsp3) is 0.833. The highest BCUT2D eigenvalue weighted by Crippen LogP contribution is 2.31. The quantitative estimate of drug-likeness (QED) is 0.603. The van der Waals surface area contributed by atoms with Gasteiger partial charge in [0.15, 0.2) is 0 Å². The minimum Gasteiger partial charge on any atom is -0.404 e. The van der Waals surface area contributed by atoms with E-state index >= 15 is 0 Å². The van der Waals surface area contributed by atoms with Crippen molar-refractivity contribution in [1.29, 1.82) is 0 Å². The molecule has 1 fully saturated rings. The second-order valence-electron chi connectivity index (χ2n) is 6.84. The van der Waals surface area contributed by atoms with Gasteiger partial charge in [-0.1, -0.05) is 0 Å². The van der Waals surface area contributed by atoms with Gasteiger partial charge in [-0.25, -0.2) is 0 Å². The highest BCUT2D eigenvalue weighted by atomic mass is 16.5. The van der Waals surface area contributed by atoms with E-state index in [-0.39, 0.29) is 0 Å². The highest BCUT2D eigenvalue weighted by Gasteiger charge is 2.24. The van der Waals surface area contributed by atoms with Crippen molar-refractivity contribution in [1.82, 2.24) is 10.2 Å². The maximum atomic E-state index is 5.76. The maximum absolute atomic E-state index is 5.76. The fourth-order valence-electron chi connectivity index (χ4n) is 3.24. The summed E-state index contributed by atoms with van der Waals surface area (Å²) in [5, 5.41) is 3.16. The molecule has 5 nitrogen and oxygen atoms in total. The van der Waals surface area contributed by atoms with Gasteiger partial charge in [0.1, 0.15) is 0 Å². The minimum absolute atomic E-state index is 0.371. The van der Waals surface area contributed by atoms with Crippen LogP contribution in [0, 0.1) is 11.8 Å². The molecule has 3 N–H and O–H groups in total. The molecule has 1 atom stereocenters. The lowest BCUT2D eigenvalue weighted by Gasteiger charge is -2.30. The Kier molecular flexibility index (Phi) is 10.2. The Morgan fingerprint density at radius 3 is 2.65 bits per heavy atom. The molecule has 0 aromatic heterocycles. The van der Waals surface area contributed by atoms with Gasteiger partial charge in [0.25, 0.3) is 0 Å². The summed E-state index contributed by atoms with van der Waals surface area (Å²) in [6.45, 7) is 5.96. The Balaban J connectivity index is 2.39. The third-order valence-corrected chi connectivity index (χ3v) is 4.86. The van der Waals surface area contributed by atoms with Crippen LogP contribution >= 0.6 is 0 Å². The predicted molar refractivity (Wildman–Crippen MR) is 99.0 cm³/mol. The first-order chi connectivity index (χ1) is 11.1. The number of hydrogen-bond donors (Lipinski definition) is 2. The summed E-state index contributed by atoms with van der Waals surface area (Å²) in [5.74, 6) is 1.44. The average Bonchev–Trinajstić information content (AvgIpc) is 2.57. The molecular weight excluding hydrogens is 288 g/mol. The number of nitrogens with zero attached hydrogens (tertiary/aromatic N) is 2. The summed E-state index contributed by atoms with van der Waals surface area (Å²) in [6, 6.07) is 0.371. The van der Waals surface area contributed by atoms with Crippen molar-refractivity contribution in [3.05, 3.63) is 11.8 Å². The van der Waals surface area contributed by atoms with Crippen LogP contribution in [0.4, 0.5) is 0 Å². The van der Waals surface area contributed by atoms with Crippen LogP contribution in [0.25, 0.3) is 0 Å². The number of nitrogens with one attached hydrogen (secondary N) is 1. The third kappa shape index (κ3) is 7.95. The molecule has 0 amide bonds. The zero-order valence-electron chi connectivity index (χ0n) is 15.4. The summed E-state index contributed by atoms with van der Waals surface area (Å²) in [6.07, 6.45) is 8.71. The van der Waals surface area contributed by atoms with E-state index < -0.39 is 0 Å². The molecule has 0 heterocycles. The Hall–Kier alpha value is -0.910. The van der Waals surface area contributed by atoms with Gasteiger partial charge in [-0.05, 0) is 70.3 Å². The lowest BCUT2D eigenvalue weighted by Crippen LogP contribution is -2.29. The highest BCUT2D eigenvalue weighted by molar-refractivity contribution is 5.79. The first kappa shape index (κ1) is 20.1. The van der Waals surface area contributed by atoms with Crippen LogP contribution in [0.15, 0.2) is 16.8 Å². The molecule has 5 heteroatoms. The number of nitrogens with two attached hydrogens (primary N) is 1. The van der Waals surface area contributed by atoms with Gasteiger partial charge in [0, 0.05) is 45.6 Å². The van der Waals surface area contributed by atoms with Crippen LogP contribution in [-0.2, 0) is 4.74 Å². The van der Waals surface area contributed by atoms with Crippen molar-refractivity contribution in [3.63, 3.8) is 0 Å². The zero-order valence-corrected chi connectivity index (χ0v) is 15.4. The summed E-state index contributed by atoms with van der Waals surface area (Å²) in [5.41, 5.74) is 6.84. The summed E-state index contributed by atoms with van der Waals surface area (Å²) in [7, 11) is 5.88. The van der Waals surface area contributed by atoms with Crippen molar-refractivity contribution >= 4 is 6.21 Å². The van der Waals surface area contributed by atoms with E-state index in [0.717, 1.165) is 37.7 Å². The monoisotopic (exact) mass is 324 g/mol. The van der Waals surface area contributed by atoms with Crippen LogP contribution in [0.5, 0.6) is 0 Å². The van der Waals surface area contributed by atoms with E-state index in [1.165, 1.54) is 25.7 Å². The molecule has 23 heavy (non-hydrogen) atoms. The summed E-state index contributed by atoms with van der Waals surface area (Å²) < 4.78 is 5.28.